The zero-order chi connectivity index (χ0) is 13.8. The second-order valence-electron chi connectivity index (χ2n) is 4.06. The molecular formula is C15H14O3S. The first-order valence-electron chi connectivity index (χ1n) is 5.76. The Morgan fingerprint density at radius 2 is 1.84 bits per heavy atom. The molecule has 0 aliphatic rings. The van der Waals surface area contributed by atoms with Crippen LogP contribution in [-0.4, -0.2) is 18.2 Å². The van der Waals surface area contributed by atoms with Gasteiger partial charge in [0.1, 0.15) is 5.75 Å². The van der Waals surface area contributed by atoms with Crippen LogP contribution in [0.1, 0.15) is 15.9 Å². The Labute approximate surface area is 116 Å². The fourth-order valence-electron chi connectivity index (χ4n) is 1.66. The highest BCUT2D eigenvalue weighted by molar-refractivity contribution is 7.99. The van der Waals surface area contributed by atoms with Crippen LogP contribution in [0.3, 0.4) is 0 Å². The fraction of sp³-hybridized carbons (Fsp3) is 0.133. The third-order valence-electron chi connectivity index (χ3n) is 2.71. The molecule has 0 aliphatic heterocycles. The summed E-state index contributed by atoms with van der Waals surface area (Å²) in [6.07, 6.45) is 0. The van der Waals surface area contributed by atoms with Gasteiger partial charge in [-0.15, -0.1) is 0 Å². The Morgan fingerprint density at radius 3 is 2.37 bits per heavy atom. The molecule has 0 bridgehead atoms. The van der Waals surface area contributed by atoms with Crippen molar-refractivity contribution in [3.05, 3.63) is 53.6 Å². The second kappa shape index (κ2) is 5.80. The van der Waals surface area contributed by atoms with Crippen molar-refractivity contribution in [1.82, 2.24) is 0 Å². The van der Waals surface area contributed by atoms with Gasteiger partial charge in [0.25, 0.3) is 0 Å². The maximum absolute atomic E-state index is 10.8. The van der Waals surface area contributed by atoms with Crippen molar-refractivity contribution in [2.75, 3.05) is 7.11 Å². The van der Waals surface area contributed by atoms with E-state index in [4.69, 9.17) is 9.84 Å². The monoisotopic (exact) mass is 274 g/mol. The lowest BCUT2D eigenvalue weighted by Crippen LogP contribution is -1.94. The molecule has 0 amide bonds. The zero-order valence-electron chi connectivity index (χ0n) is 10.7. The molecule has 4 heteroatoms. The third-order valence-corrected chi connectivity index (χ3v) is 3.90. The van der Waals surface area contributed by atoms with Gasteiger partial charge < -0.3 is 9.84 Å². The lowest BCUT2D eigenvalue weighted by molar-refractivity contribution is 0.0697. The summed E-state index contributed by atoms with van der Waals surface area (Å²) < 4.78 is 5.17. The van der Waals surface area contributed by atoms with Gasteiger partial charge in [-0.05, 0) is 55.0 Å². The van der Waals surface area contributed by atoms with Crippen LogP contribution < -0.4 is 4.74 Å². The molecule has 0 atom stereocenters. The van der Waals surface area contributed by atoms with Crippen molar-refractivity contribution < 1.29 is 14.6 Å². The number of methoxy groups -OCH3 is 1. The minimum atomic E-state index is -0.905. The summed E-state index contributed by atoms with van der Waals surface area (Å²) in [7, 11) is 1.65. The first-order valence-corrected chi connectivity index (χ1v) is 6.57. The van der Waals surface area contributed by atoms with Crippen LogP contribution in [0.2, 0.25) is 0 Å². The third kappa shape index (κ3) is 3.29. The molecule has 2 rings (SSSR count). The Hall–Kier alpha value is -1.94. The standard InChI is InChI=1S/C15H14O3S/c1-10-9-12(18-2)5-8-14(10)19-13-6-3-11(4-7-13)15(16)17/h3-9H,1-2H3,(H,16,17). The number of ether oxygens (including phenoxy) is 1. The molecule has 2 aromatic rings. The minimum Gasteiger partial charge on any atom is -0.497 e. The van der Waals surface area contributed by atoms with E-state index in [0.717, 1.165) is 21.1 Å². The molecule has 0 saturated carbocycles. The van der Waals surface area contributed by atoms with E-state index in [1.54, 1.807) is 31.0 Å². The van der Waals surface area contributed by atoms with Gasteiger partial charge in [-0.1, -0.05) is 11.8 Å². The van der Waals surface area contributed by atoms with Gasteiger partial charge in [-0.25, -0.2) is 4.79 Å². The van der Waals surface area contributed by atoms with Crippen LogP contribution in [-0.2, 0) is 0 Å². The maximum Gasteiger partial charge on any atom is 0.335 e. The van der Waals surface area contributed by atoms with Crippen molar-refractivity contribution in [1.29, 1.82) is 0 Å². The largest absolute Gasteiger partial charge is 0.497 e. The lowest BCUT2D eigenvalue weighted by Gasteiger charge is -2.08. The number of carboxylic acid groups (broad SMARTS) is 1. The van der Waals surface area contributed by atoms with Gasteiger partial charge in [0, 0.05) is 9.79 Å². The molecule has 19 heavy (non-hydrogen) atoms. The van der Waals surface area contributed by atoms with Crippen LogP contribution >= 0.6 is 11.8 Å². The Bertz CT molecular complexity index is 591. The lowest BCUT2D eigenvalue weighted by atomic mass is 10.2. The summed E-state index contributed by atoms with van der Waals surface area (Å²) in [4.78, 5) is 12.9. The normalized spacial score (nSPS) is 10.2. The molecule has 0 fully saturated rings. The summed E-state index contributed by atoms with van der Waals surface area (Å²) in [6.45, 7) is 2.02. The Balaban J connectivity index is 2.19. The van der Waals surface area contributed by atoms with Crippen LogP contribution in [0.15, 0.2) is 52.3 Å². The van der Waals surface area contributed by atoms with E-state index >= 15 is 0 Å². The van der Waals surface area contributed by atoms with Crippen molar-refractivity contribution in [3.8, 4) is 5.75 Å². The predicted octanol–water partition coefficient (Wildman–Crippen LogP) is 3.85. The summed E-state index contributed by atoms with van der Waals surface area (Å²) in [5, 5.41) is 8.85. The molecule has 0 aromatic heterocycles. The molecule has 0 spiro atoms. The SMILES string of the molecule is COc1ccc(Sc2ccc(C(=O)O)cc2)c(C)c1. The second-order valence-corrected chi connectivity index (χ2v) is 5.18. The van der Waals surface area contributed by atoms with E-state index in [2.05, 4.69) is 0 Å². The smallest absolute Gasteiger partial charge is 0.335 e. The highest BCUT2D eigenvalue weighted by Crippen LogP contribution is 2.32. The molecule has 0 radical (unpaired) electrons. The number of hydrogen-bond acceptors (Lipinski definition) is 3. The van der Waals surface area contributed by atoms with E-state index < -0.39 is 5.97 Å². The highest BCUT2D eigenvalue weighted by Gasteiger charge is 2.05. The van der Waals surface area contributed by atoms with Gasteiger partial charge >= 0.3 is 5.97 Å². The van der Waals surface area contributed by atoms with E-state index in [-0.39, 0.29) is 0 Å². The van der Waals surface area contributed by atoms with E-state index in [1.165, 1.54) is 0 Å². The number of rotatable bonds is 4. The maximum atomic E-state index is 10.8. The number of aryl methyl sites for hydroxylation is 1. The molecule has 98 valence electrons. The number of aromatic carboxylic acids is 1. The molecule has 0 saturated heterocycles. The highest BCUT2D eigenvalue weighted by atomic mass is 32.2. The van der Waals surface area contributed by atoms with Crippen molar-refractivity contribution >= 4 is 17.7 Å². The number of benzene rings is 2. The summed E-state index contributed by atoms with van der Waals surface area (Å²) in [5.74, 6) is -0.0692. The van der Waals surface area contributed by atoms with Crippen LogP contribution in [0.25, 0.3) is 0 Å². The molecule has 0 unspecified atom stereocenters. The summed E-state index contributed by atoms with van der Waals surface area (Å²) in [5.41, 5.74) is 1.43. The quantitative estimate of drug-likeness (QED) is 0.919. The Kier molecular flexibility index (Phi) is 4.12. The van der Waals surface area contributed by atoms with Gasteiger partial charge in [-0.2, -0.15) is 0 Å². The zero-order valence-corrected chi connectivity index (χ0v) is 11.5. The van der Waals surface area contributed by atoms with Crippen molar-refractivity contribution in [2.45, 2.75) is 16.7 Å². The van der Waals surface area contributed by atoms with Crippen LogP contribution in [0, 0.1) is 6.92 Å². The van der Waals surface area contributed by atoms with E-state index in [1.807, 2.05) is 37.3 Å². The molecule has 3 nitrogen and oxygen atoms in total. The Morgan fingerprint density at radius 1 is 1.16 bits per heavy atom. The van der Waals surface area contributed by atoms with E-state index in [9.17, 15) is 4.79 Å². The van der Waals surface area contributed by atoms with E-state index in [0.29, 0.717) is 5.56 Å². The number of carbonyl (C=O) groups is 1. The molecule has 2 aromatic carbocycles. The molecule has 0 heterocycles. The summed E-state index contributed by atoms with van der Waals surface area (Å²) in [6, 6.07) is 12.8. The van der Waals surface area contributed by atoms with Gasteiger partial charge in [0.05, 0.1) is 12.7 Å². The number of hydrogen-bond donors (Lipinski definition) is 1. The van der Waals surface area contributed by atoms with Gasteiger partial charge in [0.15, 0.2) is 0 Å². The minimum absolute atomic E-state index is 0.302. The number of carboxylic acids is 1. The predicted molar refractivity (Wildman–Crippen MR) is 75.3 cm³/mol. The fourth-order valence-corrected chi connectivity index (χ4v) is 2.54. The molecular weight excluding hydrogens is 260 g/mol. The van der Waals surface area contributed by atoms with Gasteiger partial charge in [-0.3, -0.25) is 0 Å². The van der Waals surface area contributed by atoms with Gasteiger partial charge in [0.2, 0.25) is 0 Å². The molecule has 1 N–H and O–H groups in total. The first-order chi connectivity index (χ1) is 9.10. The average molecular weight is 274 g/mol. The van der Waals surface area contributed by atoms with Crippen molar-refractivity contribution in [3.63, 3.8) is 0 Å². The first kappa shape index (κ1) is 13.5. The average Bonchev–Trinajstić information content (AvgIpc) is 2.41. The summed E-state index contributed by atoms with van der Waals surface area (Å²) >= 11 is 1.61. The topological polar surface area (TPSA) is 46.5 Å². The van der Waals surface area contributed by atoms with Crippen molar-refractivity contribution in [2.24, 2.45) is 0 Å². The van der Waals surface area contributed by atoms with Crippen LogP contribution in [0.5, 0.6) is 5.75 Å². The molecule has 0 aliphatic carbocycles. The van der Waals surface area contributed by atoms with Crippen LogP contribution in [0.4, 0.5) is 0 Å².